The molecule has 1 aromatic heterocycles. The number of hydrogen-bond donors (Lipinski definition) is 0. The van der Waals surface area contributed by atoms with Gasteiger partial charge in [0.2, 0.25) is 5.91 Å². The van der Waals surface area contributed by atoms with Gasteiger partial charge in [0, 0.05) is 25.9 Å². The highest BCUT2D eigenvalue weighted by molar-refractivity contribution is 5.91. The van der Waals surface area contributed by atoms with Crippen molar-refractivity contribution in [2.75, 3.05) is 7.05 Å². The second-order valence-corrected chi connectivity index (χ2v) is 4.72. The van der Waals surface area contributed by atoms with Crippen molar-refractivity contribution in [2.24, 2.45) is 0 Å². The molecular weight excluding hydrogens is 269 g/mol. The van der Waals surface area contributed by atoms with Gasteiger partial charge in [-0.1, -0.05) is 12.1 Å². The smallest absolute Gasteiger partial charge is 0.246 e. The average molecular weight is 287 g/mol. The topological polar surface area (TPSA) is 38.1 Å². The van der Waals surface area contributed by atoms with Crippen LogP contribution in [0.4, 0.5) is 4.39 Å². The maximum atomic E-state index is 12.8. The van der Waals surface area contributed by atoms with Gasteiger partial charge in [0.1, 0.15) is 5.82 Å². The van der Waals surface area contributed by atoms with Gasteiger partial charge in [-0.25, -0.2) is 4.39 Å². The van der Waals surface area contributed by atoms with Crippen LogP contribution < -0.4 is 0 Å². The lowest BCUT2D eigenvalue weighted by Gasteiger charge is -2.15. The second kappa shape index (κ2) is 6.83. The molecule has 21 heavy (non-hydrogen) atoms. The Morgan fingerprint density at radius 3 is 2.71 bits per heavy atom. The molecule has 0 radical (unpaired) electrons. The molecule has 0 aliphatic carbocycles. The third-order valence-corrected chi connectivity index (χ3v) is 3.17. The van der Waals surface area contributed by atoms with Crippen LogP contribution in [0.25, 0.3) is 6.08 Å². The van der Waals surface area contributed by atoms with Crippen LogP contribution in [0, 0.1) is 5.82 Å². The van der Waals surface area contributed by atoms with E-state index >= 15 is 0 Å². The minimum atomic E-state index is -0.288. The second-order valence-electron chi connectivity index (χ2n) is 4.72. The van der Waals surface area contributed by atoms with Crippen LogP contribution in [-0.2, 0) is 17.9 Å². The highest BCUT2D eigenvalue weighted by Crippen LogP contribution is 2.07. The lowest BCUT2D eigenvalue weighted by atomic mass is 10.2. The number of carbonyl (C=O) groups is 1. The van der Waals surface area contributed by atoms with Gasteiger partial charge in [0.25, 0.3) is 0 Å². The fourth-order valence-electron chi connectivity index (χ4n) is 1.97. The van der Waals surface area contributed by atoms with Crippen LogP contribution in [0.2, 0.25) is 0 Å². The first kappa shape index (κ1) is 15.0. The Kier molecular flexibility index (Phi) is 4.87. The van der Waals surface area contributed by atoms with E-state index in [1.54, 1.807) is 36.4 Å². The van der Waals surface area contributed by atoms with Gasteiger partial charge in [-0.05, 0) is 36.8 Å². The summed E-state index contributed by atoms with van der Waals surface area (Å²) in [4.78, 5) is 13.7. The van der Waals surface area contributed by atoms with Gasteiger partial charge in [0.05, 0.1) is 12.2 Å². The predicted octanol–water partition coefficient (Wildman–Crippen LogP) is 2.71. The molecule has 0 spiro atoms. The van der Waals surface area contributed by atoms with Gasteiger partial charge in [0.15, 0.2) is 0 Å². The first-order valence-electron chi connectivity index (χ1n) is 6.79. The monoisotopic (exact) mass is 287 g/mol. The number of aromatic nitrogens is 2. The molecule has 0 unspecified atom stereocenters. The number of carbonyl (C=O) groups excluding carboxylic acids is 1. The Balaban J connectivity index is 1.98. The summed E-state index contributed by atoms with van der Waals surface area (Å²) in [5.74, 6) is -0.397. The number of rotatable bonds is 5. The molecule has 0 aliphatic heterocycles. The van der Waals surface area contributed by atoms with Crippen molar-refractivity contribution in [3.05, 3.63) is 59.7 Å². The molecule has 1 amide bonds. The SMILES string of the molecule is CCn1nccc1CN(C)C(=O)/C=C/c1ccc(F)cc1. The van der Waals surface area contributed by atoms with Crippen LogP contribution in [0.3, 0.4) is 0 Å². The van der Waals surface area contributed by atoms with E-state index in [1.807, 2.05) is 17.7 Å². The lowest BCUT2D eigenvalue weighted by molar-refractivity contribution is -0.125. The lowest BCUT2D eigenvalue weighted by Crippen LogP contribution is -2.25. The molecule has 0 N–H and O–H groups in total. The van der Waals surface area contributed by atoms with Gasteiger partial charge in [-0.3, -0.25) is 9.48 Å². The Labute approximate surface area is 123 Å². The fourth-order valence-corrected chi connectivity index (χ4v) is 1.97. The summed E-state index contributed by atoms with van der Waals surface area (Å²) < 4.78 is 14.6. The number of benzene rings is 1. The Morgan fingerprint density at radius 2 is 2.05 bits per heavy atom. The molecule has 0 aliphatic rings. The zero-order valence-electron chi connectivity index (χ0n) is 12.2. The molecule has 4 nitrogen and oxygen atoms in total. The van der Waals surface area contributed by atoms with Crippen LogP contribution in [-0.4, -0.2) is 27.6 Å². The van der Waals surface area contributed by atoms with Gasteiger partial charge in [-0.15, -0.1) is 0 Å². The molecule has 0 fully saturated rings. The summed E-state index contributed by atoms with van der Waals surface area (Å²) in [6.07, 6.45) is 4.89. The highest BCUT2D eigenvalue weighted by atomic mass is 19.1. The minimum Gasteiger partial charge on any atom is -0.336 e. The molecule has 2 rings (SSSR count). The van der Waals surface area contributed by atoms with E-state index in [-0.39, 0.29) is 11.7 Å². The van der Waals surface area contributed by atoms with E-state index in [0.29, 0.717) is 6.54 Å². The zero-order valence-corrected chi connectivity index (χ0v) is 12.2. The molecule has 0 bridgehead atoms. The first-order chi connectivity index (χ1) is 10.1. The molecule has 1 aromatic carbocycles. The fraction of sp³-hybridized carbons (Fsp3) is 0.250. The van der Waals surface area contributed by atoms with E-state index in [9.17, 15) is 9.18 Å². The van der Waals surface area contributed by atoms with Crippen molar-refractivity contribution in [1.82, 2.24) is 14.7 Å². The maximum Gasteiger partial charge on any atom is 0.246 e. The van der Waals surface area contributed by atoms with Crippen molar-refractivity contribution in [3.63, 3.8) is 0 Å². The largest absolute Gasteiger partial charge is 0.336 e. The Hall–Kier alpha value is -2.43. The molecule has 2 aromatic rings. The minimum absolute atomic E-state index is 0.108. The number of likely N-dealkylation sites (N-methyl/N-ethyl adjacent to an activating group) is 1. The molecule has 0 saturated carbocycles. The Bertz CT molecular complexity index is 631. The maximum absolute atomic E-state index is 12.8. The van der Waals surface area contributed by atoms with Crippen molar-refractivity contribution in [3.8, 4) is 0 Å². The third kappa shape index (κ3) is 4.02. The number of halogens is 1. The first-order valence-corrected chi connectivity index (χ1v) is 6.79. The van der Waals surface area contributed by atoms with Gasteiger partial charge < -0.3 is 4.90 Å². The zero-order chi connectivity index (χ0) is 15.2. The molecule has 0 atom stereocenters. The molecule has 0 saturated heterocycles. The summed E-state index contributed by atoms with van der Waals surface area (Å²) in [5.41, 5.74) is 1.78. The summed E-state index contributed by atoms with van der Waals surface area (Å²) in [6, 6.07) is 7.90. The summed E-state index contributed by atoms with van der Waals surface area (Å²) in [7, 11) is 1.74. The third-order valence-electron chi connectivity index (χ3n) is 3.17. The summed E-state index contributed by atoms with van der Waals surface area (Å²) in [5, 5.41) is 4.17. The van der Waals surface area contributed by atoms with Crippen LogP contribution in [0.1, 0.15) is 18.2 Å². The molecule has 1 heterocycles. The number of amides is 1. The number of aryl methyl sites for hydroxylation is 1. The molecule has 5 heteroatoms. The highest BCUT2D eigenvalue weighted by Gasteiger charge is 2.08. The predicted molar refractivity (Wildman–Crippen MR) is 79.8 cm³/mol. The summed E-state index contributed by atoms with van der Waals surface area (Å²) >= 11 is 0. The van der Waals surface area contributed by atoms with E-state index in [2.05, 4.69) is 5.10 Å². The number of nitrogens with zero attached hydrogens (tertiary/aromatic N) is 3. The van der Waals surface area contributed by atoms with Gasteiger partial charge >= 0.3 is 0 Å². The Morgan fingerprint density at radius 1 is 1.33 bits per heavy atom. The molecule has 110 valence electrons. The van der Waals surface area contributed by atoms with E-state index < -0.39 is 0 Å². The van der Waals surface area contributed by atoms with Crippen molar-refractivity contribution >= 4 is 12.0 Å². The van der Waals surface area contributed by atoms with Crippen LogP contribution in [0.5, 0.6) is 0 Å². The van der Waals surface area contributed by atoms with Crippen LogP contribution in [0.15, 0.2) is 42.6 Å². The quantitative estimate of drug-likeness (QED) is 0.793. The van der Waals surface area contributed by atoms with Crippen molar-refractivity contribution in [1.29, 1.82) is 0 Å². The van der Waals surface area contributed by atoms with E-state index in [4.69, 9.17) is 0 Å². The molecular formula is C16H18FN3O. The van der Waals surface area contributed by atoms with Crippen molar-refractivity contribution in [2.45, 2.75) is 20.0 Å². The summed E-state index contributed by atoms with van der Waals surface area (Å²) in [6.45, 7) is 3.28. The van der Waals surface area contributed by atoms with Crippen LogP contribution >= 0.6 is 0 Å². The normalized spacial score (nSPS) is 11.0. The van der Waals surface area contributed by atoms with Crippen molar-refractivity contribution < 1.29 is 9.18 Å². The van der Waals surface area contributed by atoms with Gasteiger partial charge in [-0.2, -0.15) is 5.10 Å². The van der Waals surface area contributed by atoms with E-state index in [0.717, 1.165) is 17.8 Å². The van der Waals surface area contributed by atoms with E-state index in [1.165, 1.54) is 18.2 Å². The standard InChI is InChI=1S/C16H18FN3O/c1-3-20-15(10-11-18-20)12-19(2)16(21)9-6-13-4-7-14(17)8-5-13/h4-11H,3,12H2,1-2H3/b9-6+. The number of hydrogen-bond acceptors (Lipinski definition) is 2. The average Bonchev–Trinajstić information content (AvgIpc) is 2.93.